The van der Waals surface area contributed by atoms with Crippen LogP contribution >= 0.6 is 0 Å². The Morgan fingerprint density at radius 3 is 2.87 bits per heavy atom. The number of furan rings is 1. The molecule has 0 bridgehead atoms. The summed E-state index contributed by atoms with van der Waals surface area (Å²) in [5, 5.41) is 9.87. The lowest BCUT2D eigenvalue weighted by Crippen LogP contribution is -2.14. The van der Waals surface area contributed by atoms with Crippen molar-refractivity contribution in [3.63, 3.8) is 0 Å². The van der Waals surface area contributed by atoms with Crippen LogP contribution in [0.4, 0.5) is 5.69 Å². The molecule has 2 heterocycles. The van der Waals surface area contributed by atoms with Gasteiger partial charge in [-0.1, -0.05) is 12.1 Å². The predicted molar refractivity (Wildman–Crippen MR) is 86.6 cm³/mol. The van der Waals surface area contributed by atoms with E-state index in [-0.39, 0.29) is 5.91 Å². The van der Waals surface area contributed by atoms with Gasteiger partial charge >= 0.3 is 0 Å². The molecule has 0 atom stereocenters. The number of hydrogen-bond donors (Lipinski definition) is 2. The van der Waals surface area contributed by atoms with Gasteiger partial charge in [-0.3, -0.25) is 9.89 Å². The van der Waals surface area contributed by atoms with Gasteiger partial charge in [0.2, 0.25) is 0 Å². The largest absolute Gasteiger partial charge is 0.492 e. The van der Waals surface area contributed by atoms with Crippen LogP contribution in [0.5, 0.6) is 5.75 Å². The molecular weight excluding hydrogens is 294 g/mol. The zero-order chi connectivity index (χ0) is 16.2. The Balaban J connectivity index is 1.92. The predicted octanol–water partition coefficient (Wildman–Crippen LogP) is 3.63. The van der Waals surface area contributed by atoms with Gasteiger partial charge in [0.05, 0.1) is 24.1 Å². The van der Waals surface area contributed by atoms with Gasteiger partial charge in [-0.05, 0) is 38.1 Å². The molecule has 0 fully saturated rings. The van der Waals surface area contributed by atoms with Crippen LogP contribution in [0.15, 0.2) is 47.1 Å². The molecular formula is C17H17N3O3. The van der Waals surface area contributed by atoms with Crippen LogP contribution in [-0.4, -0.2) is 22.7 Å². The second-order valence-electron chi connectivity index (χ2n) is 4.93. The highest BCUT2D eigenvalue weighted by molar-refractivity contribution is 6.09. The van der Waals surface area contributed by atoms with Crippen molar-refractivity contribution in [1.82, 2.24) is 10.2 Å². The van der Waals surface area contributed by atoms with Crippen molar-refractivity contribution in [1.29, 1.82) is 0 Å². The van der Waals surface area contributed by atoms with E-state index in [2.05, 4.69) is 15.5 Å². The number of nitrogens with zero attached hydrogens (tertiary/aromatic N) is 1. The summed E-state index contributed by atoms with van der Waals surface area (Å²) in [5.74, 6) is 0.899. The van der Waals surface area contributed by atoms with Crippen molar-refractivity contribution in [2.24, 2.45) is 0 Å². The summed E-state index contributed by atoms with van der Waals surface area (Å²) in [7, 11) is 0. The summed E-state index contributed by atoms with van der Waals surface area (Å²) in [4.78, 5) is 12.7. The molecule has 1 amide bonds. The average Bonchev–Trinajstić information content (AvgIpc) is 3.18. The van der Waals surface area contributed by atoms with Gasteiger partial charge in [-0.25, -0.2) is 0 Å². The first-order chi connectivity index (χ1) is 11.2. The van der Waals surface area contributed by atoms with Crippen molar-refractivity contribution in [2.75, 3.05) is 11.9 Å². The van der Waals surface area contributed by atoms with Crippen molar-refractivity contribution in [3.05, 3.63) is 53.9 Å². The molecule has 0 radical (unpaired) electrons. The van der Waals surface area contributed by atoms with Gasteiger partial charge in [-0.2, -0.15) is 5.10 Å². The number of aromatic amines is 1. The van der Waals surface area contributed by atoms with Crippen molar-refractivity contribution in [2.45, 2.75) is 13.8 Å². The maximum atomic E-state index is 12.7. The van der Waals surface area contributed by atoms with Crippen LogP contribution < -0.4 is 10.1 Å². The number of aromatic nitrogens is 2. The maximum Gasteiger partial charge on any atom is 0.260 e. The van der Waals surface area contributed by atoms with E-state index < -0.39 is 0 Å². The van der Waals surface area contributed by atoms with Crippen molar-refractivity contribution >= 4 is 11.6 Å². The van der Waals surface area contributed by atoms with Gasteiger partial charge in [0.1, 0.15) is 11.4 Å². The third-order valence-corrected chi connectivity index (χ3v) is 3.36. The number of carbonyl (C=O) groups excluding carboxylic acids is 1. The molecule has 3 rings (SSSR count). The summed E-state index contributed by atoms with van der Waals surface area (Å²) in [6.45, 7) is 4.21. The summed E-state index contributed by atoms with van der Waals surface area (Å²) >= 11 is 0. The highest BCUT2D eigenvalue weighted by Crippen LogP contribution is 2.28. The lowest BCUT2D eigenvalue weighted by molar-refractivity contribution is 0.102. The van der Waals surface area contributed by atoms with E-state index in [0.29, 0.717) is 40.8 Å². The molecule has 0 aliphatic heterocycles. The van der Waals surface area contributed by atoms with Gasteiger partial charge in [0, 0.05) is 5.69 Å². The molecule has 2 aromatic heterocycles. The Labute approximate surface area is 133 Å². The van der Waals surface area contributed by atoms with Crippen molar-refractivity contribution in [3.8, 4) is 17.2 Å². The van der Waals surface area contributed by atoms with E-state index in [9.17, 15) is 4.79 Å². The number of para-hydroxylation sites is 2. The number of anilines is 1. The lowest BCUT2D eigenvalue weighted by Gasteiger charge is -2.11. The first kappa shape index (κ1) is 14.9. The fourth-order valence-electron chi connectivity index (χ4n) is 2.33. The average molecular weight is 311 g/mol. The number of aryl methyl sites for hydroxylation is 1. The zero-order valence-electron chi connectivity index (χ0n) is 12.9. The van der Waals surface area contributed by atoms with Crippen LogP contribution in [0.2, 0.25) is 0 Å². The van der Waals surface area contributed by atoms with Crippen LogP contribution in [0.3, 0.4) is 0 Å². The van der Waals surface area contributed by atoms with E-state index in [1.54, 1.807) is 31.4 Å². The Morgan fingerprint density at radius 2 is 2.13 bits per heavy atom. The third kappa shape index (κ3) is 2.96. The number of H-pyrrole nitrogens is 1. The first-order valence-corrected chi connectivity index (χ1v) is 7.32. The van der Waals surface area contributed by atoms with E-state index >= 15 is 0 Å². The summed E-state index contributed by atoms with van der Waals surface area (Å²) in [6.07, 6.45) is 1.55. The molecule has 118 valence electrons. The van der Waals surface area contributed by atoms with Crippen LogP contribution in [0, 0.1) is 6.92 Å². The van der Waals surface area contributed by atoms with Crippen molar-refractivity contribution < 1.29 is 13.9 Å². The molecule has 0 aliphatic rings. The molecule has 23 heavy (non-hydrogen) atoms. The Bertz CT molecular complexity index is 806. The third-order valence-electron chi connectivity index (χ3n) is 3.36. The van der Waals surface area contributed by atoms with Gasteiger partial charge in [0.25, 0.3) is 5.91 Å². The minimum Gasteiger partial charge on any atom is -0.492 e. The molecule has 0 saturated carbocycles. The SMILES string of the molecule is CCOc1ccccc1NC(=O)c1c(-c2ccco2)n[nH]c1C. The molecule has 6 nitrogen and oxygen atoms in total. The second kappa shape index (κ2) is 6.39. The van der Waals surface area contributed by atoms with Gasteiger partial charge < -0.3 is 14.5 Å². The first-order valence-electron chi connectivity index (χ1n) is 7.32. The topological polar surface area (TPSA) is 80.2 Å². The molecule has 1 aromatic carbocycles. The zero-order valence-corrected chi connectivity index (χ0v) is 12.9. The van der Waals surface area contributed by atoms with Crippen LogP contribution in [0.1, 0.15) is 23.0 Å². The molecule has 3 aromatic rings. The van der Waals surface area contributed by atoms with Gasteiger partial charge in [-0.15, -0.1) is 0 Å². The molecule has 0 unspecified atom stereocenters. The molecule has 6 heteroatoms. The number of rotatable bonds is 5. The quantitative estimate of drug-likeness (QED) is 0.754. The minimum absolute atomic E-state index is 0.269. The number of nitrogens with one attached hydrogen (secondary N) is 2. The van der Waals surface area contributed by atoms with Crippen LogP contribution in [-0.2, 0) is 0 Å². The second-order valence-corrected chi connectivity index (χ2v) is 4.93. The molecule has 0 spiro atoms. The fraction of sp³-hybridized carbons (Fsp3) is 0.176. The number of amides is 1. The number of carbonyl (C=O) groups is 1. The Hall–Kier alpha value is -3.02. The monoisotopic (exact) mass is 311 g/mol. The van der Waals surface area contributed by atoms with E-state index in [0.717, 1.165) is 0 Å². The Kier molecular flexibility index (Phi) is 4.14. The highest BCUT2D eigenvalue weighted by atomic mass is 16.5. The standard InChI is InChI=1S/C17H17N3O3/c1-3-22-13-8-5-4-7-12(13)18-17(21)15-11(2)19-20-16(15)14-9-6-10-23-14/h4-10H,3H2,1-2H3,(H,18,21)(H,19,20). The van der Waals surface area contributed by atoms with Crippen LogP contribution in [0.25, 0.3) is 11.5 Å². The normalized spacial score (nSPS) is 10.5. The number of ether oxygens (including phenoxy) is 1. The summed E-state index contributed by atoms with van der Waals surface area (Å²) < 4.78 is 10.9. The minimum atomic E-state index is -0.269. The number of hydrogen-bond acceptors (Lipinski definition) is 4. The van der Waals surface area contributed by atoms with Gasteiger partial charge in [0.15, 0.2) is 5.76 Å². The molecule has 0 saturated heterocycles. The summed E-state index contributed by atoms with van der Waals surface area (Å²) in [5.41, 5.74) is 2.22. The van der Waals surface area contributed by atoms with E-state index in [1.165, 1.54) is 0 Å². The number of benzene rings is 1. The lowest BCUT2D eigenvalue weighted by atomic mass is 10.1. The molecule has 2 N–H and O–H groups in total. The fourth-order valence-corrected chi connectivity index (χ4v) is 2.33. The maximum absolute atomic E-state index is 12.7. The smallest absolute Gasteiger partial charge is 0.260 e. The Morgan fingerprint density at radius 1 is 1.30 bits per heavy atom. The summed E-state index contributed by atoms with van der Waals surface area (Å²) in [6, 6.07) is 10.8. The van der Waals surface area contributed by atoms with E-state index in [4.69, 9.17) is 9.15 Å². The molecule has 0 aliphatic carbocycles. The highest BCUT2D eigenvalue weighted by Gasteiger charge is 2.22. The van der Waals surface area contributed by atoms with E-state index in [1.807, 2.05) is 25.1 Å².